The fourth-order valence-electron chi connectivity index (χ4n) is 2.36. The van der Waals surface area contributed by atoms with Crippen LogP contribution in [0, 0.1) is 0 Å². The highest BCUT2D eigenvalue weighted by Crippen LogP contribution is 2.25. The SMILES string of the molecule is O=c1[nH]c2ccncc2c2[nH]c3ccncc3c12. The second kappa shape index (κ2) is 3.16. The van der Waals surface area contributed by atoms with Crippen LogP contribution in [0.15, 0.2) is 41.7 Å². The highest BCUT2D eigenvalue weighted by molar-refractivity contribution is 6.15. The molecule has 0 saturated heterocycles. The average molecular weight is 236 g/mol. The first-order valence-corrected chi connectivity index (χ1v) is 5.56. The van der Waals surface area contributed by atoms with Crippen LogP contribution < -0.4 is 5.56 Å². The molecular weight excluding hydrogens is 228 g/mol. The molecule has 0 atom stereocenters. The number of fused-ring (bicyclic) bond motifs is 5. The molecule has 0 unspecified atom stereocenters. The molecule has 86 valence electrons. The van der Waals surface area contributed by atoms with Crippen molar-refractivity contribution >= 4 is 32.7 Å². The molecule has 5 heteroatoms. The van der Waals surface area contributed by atoms with Crippen LogP contribution in [0.25, 0.3) is 32.7 Å². The van der Waals surface area contributed by atoms with Crippen molar-refractivity contribution in [1.29, 1.82) is 0 Å². The third-order valence-corrected chi connectivity index (χ3v) is 3.17. The lowest BCUT2D eigenvalue weighted by molar-refractivity contribution is 1.30. The van der Waals surface area contributed by atoms with Gasteiger partial charge in [-0.2, -0.15) is 0 Å². The van der Waals surface area contributed by atoms with E-state index in [1.165, 1.54) is 0 Å². The van der Waals surface area contributed by atoms with Gasteiger partial charge >= 0.3 is 0 Å². The third-order valence-electron chi connectivity index (χ3n) is 3.17. The zero-order valence-electron chi connectivity index (χ0n) is 9.27. The Morgan fingerprint density at radius 3 is 2.33 bits per heavy atom. The first-order chi connectivity index (χ1) is 8.84. The number of hydrogen-bond acceptors (Lipinski definition) is 3. The van der Waals surface area contributed by atoms with Gasteiger partial charge in [-0.05, 0) is 12.1 Å². The van der Waals surface area contributed by atoms with E-state index in [2.05, 4.69) is 19.9 Å². The number of rotatable bonds is 0. The highest BCUT2D eigenvalue weighted by Gasteiger charge is 2.11. The number of nitrogens with one attached hydrogen (secondary N) is 2. The van der Waals surface area contributed by atoms with Gasteiger partial charge in [0.1, 0.15) is 0 Å². The molecule has 0 aliphatic heterocycles. The lowest BCUT2D eigenvalue weighted by Crippen LogP contribution is -2.05. The molecule has 0 amide bonds. The standard InChI is InChI=1S/C13H8N4O/c18-13-11-7-5-14-3-1-9(7)16-12(11)8-6-15-4-2-10(8)17-13/h1-6,16H,(H,17,18). The van der Waals surface area contributed by atoms with Crippen LogP contribution in [0.1, 0.15) is 0 Å². The van der Waals surface area contributed by atoms with Crippen molar-refractivity contribution in [3.63, 3.8) is 0 Å². The van der Waals surface area contributed by atoms with Gasteiger partial charge in [-0.25, -0.2) is 0 Å². The van der Waals surface area contributed by atoms with Crippen molar-refractivity contribution in [2.75, 3.05) is 0 Å². The first-order valence-electron chi connectivity index (χ1n) is 5.56. The summed E-state index contributed by atoms with van der Waals surface area (Å²) in [5.74, 6) is 0. The third kappa shape index (κ3) is 1.08. The summed E-state index contributed by atoms with van der Waals surface area (Å²) < 4.78 is 0. The molecule has 4 aromatic heterocycles. The number of hydrogen-bond donors (Lipinski definition) is 2. The lowest BCUT2D eigenvalue weighted by Gasteiger charge is -1.97. The molecule has 4 rings (SSSR count). The fraction of sp³-hybridized carbons (Fsp3) is 0. The summed E-state index contributed by atoms with van der Waals surface area (Å²) in [7, 11) is 0. The van der Waals surface area contributed by atoms with Crippen LogP contribution in [0.5, 0.6) is 0 Å². The molecule has 4 heterocycles. The summed E-state index contributed by atoms with van der Waals surface area (Å²) in [5, 5.41) is 2.38. The van der Waals surface area contributed by atoms with E-state index in [1.54, 1.807) is 30.9 Å². The summed E-state index contributed by atoms with van der Waals surface area (Å²) in [4.78, 5) is 26.4. The van der Waals surface area contributed by atoms with E-state index in [-0.39, 0.29) is 5.56 Å². The van der Waals surface area contributed by atoms with Gasteiger partial charge < -0.3 is 9.97 Å². The van der Waals surface area contributed by atoms with Crippen molar-refractivity contribution in [3.8, 4) is 0 Å². The normalized spacial score (nSPS) is 11.6. The van der Waals surface area contributed by atoms with Gasteiger partial charge in [0.05, 0.1) is 16.4 Å². The van der Waals surface area contributed by atoms with Gasteiger partial charge in [0.15, 0.2) is 0 Å². The molecular formula is C13H8N4O. The van der Waals surface area contributed by atoms with Crippen LogP contribution >= 0.6 is 0 Å². The maximum Gasteiger partial charge on any atom is 0.258 e. The number of pyridine rings is 3. The summed E-state index contributed by atoms with van der Waals surface area (Å²) in [6, 6.07) is 3.65. The van der Waals surface area contributed by atoms with E-state index in [4.69, 9.17) is 0 Å². The number of nitrogens with zero attached hydrogens (tertiary/aromatic N) is 2. The Bertz CT molecular complexity index is 951. The average Bonchev–Trinajstić information content (AvgIpc) is 2.79. The first kappa shape index (κ1) is 9.35. The highest BCUT2D eigenvalue weighted by atomic mass is 16.1. The maximum absolute atomic E-state index is 12.1. The zero-order valence-corrected chi connectivity index (χ0v) is 9.27. The van der Waals surface area contributed by atoms with E-state index in [1.807, 2.05) is 6.07 Å². The summed E-state index contributed by atoms with van der Waals surface area (Å²) in [6.45, 7) is 0. The molecule has 18 heavy (non-hydrogen) atoms. The molecule has 0 aliphatic carbocycles. The van der Waals surface area contributed by atoms with Gasteiger partial charge in [-0.15, -0.1) is 0 Å². The van der Waals surface area contributed by atoms with Crippen LogP contribution in [0.2, 0.25) is 0 Å². The van der Waals surface area contributed by atoms with E-state index < -0.39 is 0 Å². The molecule has 0 aliphatic rings. The Kier molecular flexibility index (Phi) is 1.64. The van der Waals surface area contributed by atoms with Crippen LogP contribution in [0.3, 0.4) is 0 Å². The van der Waals surface area contributed by atoms with Crippen LogP contribution in [-0.4, -0.2) is 19.9 Å². The Hall–Kier alpha value is -2.69. The Labute approximate surface area is 101 Å². The zero-order chi connectivity index (χ0) is 12.1. The molecule has 0 spiro atoms. The van der Waals surface area contributed by atoms with Crippen LogP contribution in [0.4, 0.5) is 0 Å². The molecule has 2 N–H and O–H groups in total. The predicted octanol–water partition coefficient (Wildman–Crippen LogP) is 1.95. The predicted molar refractivity (Wildman–Crippen MR) is 69.5 cm³/mol. The Morgan fingerprint density at radius 1 is 0.889 bits per heavy atom. The Balaban J connectivity index is 2.42. The van der Waals surface area contributed by atoms with Crippen molar-refractivity contribution in [2.24, 2.45) is 0 Å². The second-order valence-electron chi connectivity index (χ2n) is 4.17. The topological polar surface area (TPSA) is 74.4 Å². The van der Waals surface area contributed by atoms with Gasteiger partial charge in [-0.3, -0.25) is 14.8 Å². The van der Waals surface area contributed by atoms with E-state index in [0.29, 0.717) is 5.39 Å². The molecule has 0 aromatic carbocycles. The minimum atomic E-state index is -0.108. The fourth-order valence-corrected chi connectivity index (χ4v) is 2.36. The molecule has 0 radical (unpaired) electrons. The lowest BCUT2D eigenvalue weighted by atomic mass is 10.2. The molecule has 0 bridgehead atoms. The van der Waals surface area contributed by atoms with Crippen molar-refractivity contribution in [3.05, 3.63) is 47.3 Å². The summed E-state index contributed by atoms with van der Waals surface area (Å²) in [6.07, 6.45) is 6.81. The van der Waals surface area contributed by atoms with Crippen molar-refractivity contribution in [2.45, 2.75) is 0 Å². The number of H-pyrrole nitrogens is 2. The summed E-state index contributed by atoms with van der Waals surface area (Å²) in [5.41, 5.74) is 2.39. The van der Waals surface area contributed by atoms with Gasteiger partial charge in [0.2, 0.25) is 0 Å². The quantitative estimate of drug-likeness (QED) is 0.490. The van der Waals surface area contributed by atoms with E-state index in [9.17, 15) is 4.79 Å². The summed E-state index contributed by atoms with van der Waals surface area (Å²) >= 11 is 0. The van der Waals surface area contributed by atoms with Gasteiger partial charge in [-0.1, -0.05) is 0 Å². The maximum atomic E-state index is 12.1. The minimum Gasteiger partial charge on any atom is -0.354 e. The minimum absolute atomic E-state index is 0.108. The molecule has 0 fully saturated rings. The van der Waals surface area contributed by atoms with Crippen LogP contribution in [-0.2, 0) is 0 Å². The van der Waals surface area contributed by atoms with Gasteiger partial charge in [0, 0.05) is 41.1 Å². The number of aromatic amines is 2. The van der Waals surface area contributed by atoms with E-state index >= 15 is 0 Å². The van der Waals surface area contributed by atoms with Crippen molar-refractivity contribution < 1.29 is 0 Å². The number of aromatic nitrogens is 4. The Morgan fingerprint density at radius 2 is 1.56 bits per heavy atom. The second-order valence-corrected chi connectivity index (χ2v) is 4.17. The largest absolute Gasteiger partial charge is 0.354 e. The molecule has 4 aromatic rings. The van der Waals surface area contributed by atoms with E-state index in [0.717, 1.165) is 27.3 Å². The monoisotopic (exact) mass is 236 g/mol. The van der Waals surface area contributed by atoms with Crippen molar-refractivity contribution in [1.82, 2.24) is 19.9 Å². The smallest absolute Gasteiger partial charge is 0.258 e. The van der Waals surface area contributed by atoms with Gasteiger partial charge in [0.25, 0.3) is 5.56 Å². The molecule has 0 saturated carbocycles. The molecule has 5 nitrogen and oxygen atoms in total.